The first kappa shape index (κ1) is 18.1. The van der Waals surface area contributed by atoms with Crippen molar-refractivity contribution < 1.29 is 23.8 Å². The summed E-state index contributed by atoms with van der Waals surface area (Å²) >= 11 is 0. The van der Waals surface area contributed by atoms with Gasteiger partial charge in [-0.25, -0.2) is 9.59 Å². The largest absolute Gasteiger partial charge is 0.493 e. The Morgan fingerprint density at radius 2 is 1.85 bits per heavy atom. The van der Waals surface area contributed by atoms with E-state index in [1.54, 1.807) is 18.2 Å². The summed E-state index contributed by atoms with van der Waals surface area (Å²) in [6, 6.07) is 11.9. The molecule has 0 bridgehead atoms. The Morgan fingerprint density at radius 1 is 1.11 bits per heavy atom. The molecule has 1 aliphatic rings. The number of esters is 1. The number of cyclic esters (lactones) is 1. The molecule has 1 heterocycles. The van der Waals surface area contributed by atoms with Crippen molar-refractivity contribution in [1.29, 1.82) is 0 Å². The van der Waals surface area contributed by atoms with Gasteiger partial charge >= 0.3 is 12.0 Å². The lowest BCUT2D eigenvalue weighted by molar-refractivity contribution is 0.0465. The molecule has 2 aromatic rings. The van der Waals surface area contributed by atoms with Crippen LogP contribution >= 0.6 is 0 Å². The monoisotopic (exact) mass is 369 g/mol. The number of benzene rings is 2. The van der Waals surface area contributed by atoms with Crippen molar-refractivity contribution in [2.24, 2.45) is 5.73 Å². The molecule has 8 nitrogen and oxygen atoms in total. The number of rotatable bonds is 6. The van der Waals surface area contributed by atoms with E-state index in [1.807, 2.05) is 30.3 Å². The van der Waals surface area contributed by atoms with E-state index in [0.717, 1.165) is 5.56 Å². The molecular formula is C19H19N3O5. The number of carbonyl (C=O) groups excluding carboxylic acids is 2. The first-order valence-electron chi connectivity index (χ1n) is 8.09. The molecule has 0 saturated carbocycles. The second-order valence-corrected chi connectivity index (χ2v) is 5.65. The van der Waals surface area contributed by atoms with Gasteiger partial charge in [0.05, 0.1) is 19.9 Å². The highest BCUT2D eigenvalue weighted by Crippen LogP contribution is 2.42. The van der Waals surface area contributed by atoms with Crippen LogP contribution < -0.4 is 26.1 Å². The maximum absolute atomic E-state index is 12.4. The zero-order valence-electron chi connectivity index (χ0n) is 14.8. The summed E-state index contributed by atoms with van der Waals surface area (Å²) in [5.74, 6) is 0.243. The molecule has 0 radical (unpaired) electrons. The van der Waals surface area contributed by atoms with E-state index in [0.29, 0.717) is 28.3 Å². The van der Waals surface area contributed by atoms with Gasteiger partial charge in [-0.2, -0.15) is 0 Å². The molecule has 1 aliphatic heterocycles. The fourth-order valence-corrected chi connectivity index (χ4v) is 2.86. The number of hydrogen-bond acceptors (Lipinski definition) is 6. The zero-order chi connectivity index (χ0) is 19.4. The van der Waals surface area contributed by atoms with Crippen LogP contribution in [0.2, 0.25) is 0 Å². The smallest absolute Gasteiger partial charge is 0.343 e. The van der Waals surface area contributed by atoms with Gasteiger partial charge in [0.25, 0.3) is 0 Å². The SMILES string of the molecule is COc1ccc2c(c1OC)C(=O)O[C@H]2/C=C(\NNC(N)=O)c1ccccc1. The molecule has 1 atom stereocenters. The molecule has 0 fully saturated rings. The fourth-order valence-electron chi connectivity index (χ4n) is 2.86. The predicted octanol–water partition coefficient (Wildman–Crippen LogP) is 2.13. The fraction of sp³-hybridized carbons (Fsp3) is 0.158. The lowest BCUT2D eigenvalue weighted by atomic mass is 10.0. The van der Waals surface area contributed by atoms with Crippen LogP contribution in [-0.4, -0.2) is 26.2 Å². The number of carbonyl (C=O) groups is 2. The number of nitrogens with one attached hydrogen (secondary N) is 2. The van der Waals surface area contributed by atoms with Gasteiger partial charge in [-0.05, 0) is 17.7 Å². The molecule has 8 heteroatoms. The van der Waals surface area contributed by atoms with Gasteiger partial charge in [-0.15, -0.1) is 0 Å². The average molecular weight is 369 g/mol. The van der Waals surface area contributed by atoms with Crippen LogP contribution in [0.15, 0.2) is 48.5 Å². The third-order valence-electron chi connectivity index (χ3n) is 4.05. The predicted molar refractivity (Wildman–Crippen MR) is 98.0 cm³/mol. The van der Waals surface area contributed by atoms with Crippen LogP contribution in [0.3, 0.4) is 0 Å². The molecule has 0 saturated heterocycles. The van der Waals surface area contributed by atoms with E-state index >= 15 is 0 Å². The highest BCUT2D eigenvalue weighted by Gasteiger charge is 2.35. The highest BCUT2D eigenvalue weighted by atomic mass is 16.6. The molecule has 0 aromatic heterocycles. The molecule has 2 amide bonds. The molecule has 0 spiro atoms. The van der Waals surface area contributed by atoms with Gasteiger partial charge in [-0.3, -0.25) is 10.9 Å². The standard InChI is InChI=1S/C19H19N3O5/c1-25-14-9-8-12-15(27-18(23)16(12)17(14)26-2)10-13(21-22-19(20)24)11-6-4-3-5-7-11/h3-10,15,21H,1-2H3,(H3,20,22,24)/b13-10-/t15-/m0/s1. The zero-order valence-corrected chi connectivity index (χ0v) is 14.8. The Morgan fingerprint density at radius 3 is 2.48 bits per heavy atom. The van der Waals surface area contributed by atoms with Crippen molar-refractivity contribution in [2.75, 3.05) is 14.2 Å². The minimum absolute atomic E-state index is 0.313. The van der Waals surface area contributed by atoms with Crippen molar-refractivity contribution in [3.8, 4) is 11.5 Å². The summed E-state index contributed by atoms with van der Waals surface area (Å²) in [4.78, 5) is 23.5. The first-order valence-corrected chi connectivity index (χ1v) is 8.09. The van der Waals surface area contributed by atoms with E-state index in [2.05, 4.69) is 10.9 Å². The number of amides is 2. The molecule has 0 aliphatic carbocycles. The lowest BCUT2D eigenvalue weighted by Crippen LogP contribution is -2.40. The van der Waals surface area contributed by atoms with Crippen LogP contribution in [0, 0.1) is 0 Å². The van der Waals surface area contributed by atoms with Crippen molar-refractivity contribution >= 4 is 17.7 Å². The number of urea groups is 1. The van der Waals surface area contributed by atoms with Gasteiger partial charge in [-0.1, -0.05) is 36.4 Å². The Balaban J connectivity index is 2.03. The maximum atomic E-state index is 12.4. The molecule has 140 valence electrons. The summed E-state index contributed by atoms with van der Waals surface area (Å²) in [5.41, 5.74) is 12.5. The van der Waals surface area contributed by atoms with E-state index < -0.39 is 18.1 Å². The van der Waals surface area contributed by atoms with Crippen LogP contribution in [0.5, 0.6) is 11.5 Å². The average Bonchev–Trinajstić information content (AvgIpc) is 3.00. The molecule has 4 N–H and O–H groups in total. The van der Waals surface area contributed by atoms with Crippen LogP contribution in [0.4, 0.5) is 4.79 Å². The van der Waals surface area contributed by atoms with E-state index in [1.165, 1.54) is 14.2 Å². The van der Waals surface area contributed by atoms with E-state index in [-0.39, 0.29) is 0 Å². The normalized spacial score (nSPS) is 15.6. The highest BCUT2D eigenvalue weighted by molar-refractivity contribution is 5.98. The summed E-state index contributed by atoms with van der Waals surface area (Å²) < 4.78 is 16.1. The first-order chi connectivity index (χ1) is 13.0. The van der Waals surface area contributed by atoms with Crippen LogP contribution in [-0.2, 0) is 4.74 Å². The van der Waals surface area contributed by atoms with Gasteiger partial charge in [0.15, 0.2) is 11.5 Å². The second kappa shape index (κ2) is 7.69. The number of nitrogens with two attached hydrogens (primary N) is 1. The Labute approximate surface area is 155 Å². The number of ether oxygens (including phenoxy) is 3. The van der Waals surface area contributed by atoms with Crippen LogP contribution in [0.25, 0.3) is 5.70 Å². The van der Waals surface area contributed by atoms with Gasteiger partial charge in [0.2, 0.25) is 0 Å². The topological polar surface area (TPSA) is 112 Å². The van der Waals surface area contributed by atoms with Crippen molar-refractivity contribution in [2.45, 2.75) is 6.10 Å². The van der Waals surface area contributed by atoms with Gasteiger partial charge in [0.1, 0.15) is 11.7 Å². The number of fused-ring (bicyclic) bond motifs is 1. The van der Waals surface area contributed by atoms with E-state index in [9.17, 15) is 9.59 Å². The lowest BCUT2D eigenvalue weighted by Gasteiger charge is -2.14. The minimum Gasteiger partial charge on any atom is -0.493 e. The summed E-state index contributed by atoms with van der Waals surface area (Å²) in [6.07, 6.45) is 1.01. The molecule has 0 unspecified atom stereocenters. The maximum Gasteiger partial charge on any atom is 0.343 e. The minimum atomic E-state index is -0.743. The quantitative estimate of drug-likeness (QED) is 0.531. The Kier molecular flexibility index (Phi) is 5.16. The van der Waals surface area contributed by atoms with Crippen molar-refractivity contribution in [1.82, 2.24) is 10.9 Å². The number of methoxy groups -OCH3 is 2. The Hall–Kier alpha value is -3.68. The summed E-state index contributed by atoms with van der Waals surface area (Å²) in [7, 11) is 2.96. The Bertz CT molecular complexity index is 896. The third kappa shape index (κ3) is 3.64. The summed E-state index contributed by atoms with van der Waals surface area (Å²) in [5, 5.41) is 0. The van der Waals surface area contributed by atoms with Crippen molar-refractivity contribution in [3.05, 3.63) is 65.2 Å². The number of hydrazine groups is 1. The van der Waals surface area contributed by atoms with E-state index in [4.69, 9.17) is 19.9 Å². The molecular weight excluding hydrogens is 350 g/mol. The van der Waals surface area contributed by atoms with Crippen LogP contribution in [0.1, 0.15) is 27.6 Å². The van der Waals surface area contributed by atoms with Gasteiger partial charge in [0, 0.05) is 5.56 Å². The third-order valence-corrected chi connectivity index (χ3v) is 4.05. The van der Waals surface area contributed by atoms with Crippen molar-refractivity contribution in [3.63, 3.8) is 0 Å². The molecule has 27 heavy (non-hydrogen) atoms. The number of hydrogen-bond donors (Lipinski definition) is 3. The number of primary amides is 1. The van der Waals surface area contributed by atoms with Gasteiger partial charge < -0.3 is 19.9 Å². The molecule has 3 rings (SSSR count). The second-order valence-electron chi connectivity index (χ2n) is 5.65. The molecule has 2 aromatic carbocycles. The summed E-state index contributed by atoms with van der Waals surface area (Å²) in [6.45, 7) is 0.